The molecule has 0 N–H and O–H groups in total. The smallest absolute Gasteiger partial charge is 0.338 e. The molecule has 1 aliphatic rings. The number of hydrogen-bond donors (Lipinski definition) is 0. The molecule has 0 aliphatic carbocycles. The summed E-state index contributed by atoms with van der Waals surface area (Å²) < 4.78 is 26.2. The van der Waals surface area contributed by atoms with Crippen LogP contribution in [0, 0.1) is 3.57 Å². The highest BCUT2D eigenvalue weighted by atomic mass is 127. The number of carbonyl (C=O) groups is 1. The highest BCUT2D eigenvalue weighted by molar-refractivity contribution is 14.1. The third kappa shape index (κ3) is 6.91. The molecule has 5 aromatic rings. The standard InChI is InChI=1S/C38H35IN2O6S/c1-6-45-37(43)34-23(4)40-38-41(35(34)28-14-16-31(47-22(2)3)32(20-28)44-5)36(42)33(48-38)19-24-12-15-30(29(39)18-24)46-21-25-11-13-26-9-7-8-10-27(26)17-25/h7-20,22,35H,6,21H2,1-5H3/b33-19-/t35-/m1/s1. The first kappa shape index (κ1) is 33.5. The summed E-state index contributed by atoms with van der Waals surface area (Å²) in [4.78, 5) is 32.6. The van der Waals surface area contributed by atoms with Gasteiger partial charge in [-0.1, -0.05) is 59.9 Å². The van der Waals surface area contributed by atoms with Crippen LogP contribution in [-0.2, 0) is 16.1 Å². The Balaban J connectivity index is 1.35. The number of benzene rings is 4. The van der Waals surface area contributed by atoms with Crippen LogP contribution in [0.25, 0.3) is 16.8 Å². The van der Waals surface area contributed by atoms with Crippen LogP contribution in [0.3, 0.4) is 0 Å². The number of nitrogens with zero attached hydrogens (tertiary/aromatic N) is 2. The molecule has 0 amide bonds. The molecule has 1 aliphatic heterocycles. The number of thiazole rings is 1. The predicted molar refractivity (Wildman–Crippen MR) is 197 cm³/mol. The van der Waals surface area contributed by atoms with Gasteiger partial charge in [0, 0.05) is 0 Å². The van der Waals surface area contributed by atoms with E-state index in [1.54, 1.807) is 37.7 Å². The van der Waals surface area contributed by atoms with Crippen molar-refractivity contribution in [1.82, 2.24) is 4.57 Å². The molecule has 0 fully saturated rings. The Kier molecular flexibility index (Phi) is 10.0. The van der Waals surface area contributed by atoms with E-state index in [-0.39, 0.29) is 18.3 Å². The summed E-state index contributed by atoms with van der Waals surface area (Å²) >= 11 is 3.53. The topological polar surface area (TPSA) is 88.4 Å². The van der Waals surface area contributed by atoms with Gasteiger partial charge in [-0.2, -0.15) is 0 Å². The summed E-state index contributed by atoms with van der Waals surface area (Å²) in [6.07, 6.45) is 1.78. The van der Waals surface area contributed by atoms with E-state index in [0.717, 1.165) is 20.4 Å². The van der Waals surface area contributed by atoms with Crippen LogP contribution in [-0.4, -0.2) is 30.4 Å². The zero-order valence-corrected chi connectivity index (χ0v) is 30.3. The molecule has 8 nitrogen and oxygen atoms in total. The lowest BCUT2D eigenvalue weighted by atomic mass is 9.95. The lowest BCUT2D eigenvalue weighted by Crippen LogP contribution is -2.40. The summed E-state index contributed by atoms with van der Waals surface area (Å²) in [5.74, 6) is 1.31. The molecule has 0 unspecified atom stereocenters. The molecule has 1 atom stereocenters. The van der Waals surface area contributed by atoms with Crippen LogP contribution in [0.1, 0.15) is 50.4 Å². The van der Waals surface area contributed by atoms with Crippen molar-refractivity contribution in [3.8, 4) is 17.2 Å². The van der Waals surface area contributed by atoms with Crippen molar-refractivity contribution in [2.24, 2.45) is 4.99 Å². The van der Waals surface area contributed by atoms with Gasteiger partial charge in [-0.15, -0.1) is 0 Å². The van der Waals surface area contributed by atoms with Crippen molar-refractivity contribution in [3.05, 3.63) is 130 Å². The van der Waals surface area contributed by atoms with Crippen LogP contribution >= 0.6 is 33.9 Å². The number of hydrogen-bond acceptors (Lipinski definition) is 8. The zero-order valence-electron chi connectivity index (χ0n) is 27.3. The highest BCUT2D eigenvalue weighted by Crippen LogP contribution is 2.36. The maximum atomic E-state index is 14.1. The minimum absolute atomic E-state index is 0.0621. The normalized spacial score (nSPS) is 14.6. The molecular weight excluding hydrogens is 739 g/mol. The molecule has 0 saturated carbocycles. The van der Waals surface area contributed by atoms with Gasteiger partial charge in [-0.05, 0) is 114 Å². The fourth-order valence-electron chi connectivity index (χ4n) is 5.68. The Morgan fingerprint density at radius 2 is 1.77 bits per heavy atom. The van der Waals surface area contributed by atoms with Crippen LogP contribution in [0.4, 0.5) is 0 Å². The number of ether oxygens (including phenoxy) is 4. The molecule has 6 rings (SSSR count). The minimum Gasteiger partial charge on any atom is -0.493 e. The summed E-state index contributed by atoms with van der Waals surface area (Å²) in [5, 5.41) is 2.37. The molecule has 0 spiro atoms. The van der Waals surface area contributed by atoms with Crippen LogP contribution in [0.5, 0.6) is 17.2 Å². The monoisotopic (exact) mass is 774 g/mol. The van der Waals surface area contributed by atoms with E-state index in [1.165, 1.54) is 22.1 Å². The van der Waals surface area contributed by atoms with Crippen molar-refractivity contribution in [2.75, 3.05) is 13.7 Å². The van der Waals surface area contributed by atoms with Crippen molar-refractivity contribution in [1.29, 1.82) is 0 Å². The van der Waals surface area contributed by atoms with Gasteiger partial charge in [-0.25, -0.2) is 9.79 Å². The molecule has 10 heteroatoms. The number of fused-ring (bicyclic) bond motifs is 2. The maximum Gasteiger partial charge on any atom is 0.338 e. The lowest BCUT2D eigenvalue weighted by molar-refractivity contribution is -0.139. The number of aromatic nitrogens is 1. The largest absolute Gasteiger partial charge is 0.493 e. The predicted octanol–water partition coefficient (Wildman–Crippen LogP) is 6.93. The molecule has 246 valence electrons. The molecule has 48 heavy (non-hydrogen) atoms. The molecule has 0 bridgehead atoms. The van der Waals surface area contributed by atoms with Crippen molar-refractivity contribution in [3.63, 3.8) is 0 Å². The van der Waals surface area contributed by atoms with Gasteiger partial charge in [0.25, 0.3) is 5.56 Å². The van der Waals surface area contributed by atoms with E-state index < -0.39 is 12.0 Å². The van der Waals surface area contributed by atoms with Gasteiger partial charge in [0.1, 0.15) is 12.4 Å². The SMILES string of the molecule is CCOC(=O)C1=C(C)N=c2s/c(=C\c3ccc(OCc4ccc5ccccc5c4)c(I)c3)c(=O)n2[C@@H]1c1ccc(OC(C)C)c(OC)c1. The van der Waals surface area contributed by atoms with E-state index in [1.807, 2.05) is 56.3 Å². The van der Waals surface area contributed by atoms with Gasteiger partial charge in [0.2, 0.25) is 0 Å². The number of halogens is 1. The maximum absolute atomic E-state index is 14.1. The van der Waals surface area contributed by atoms with Gasteiger partial charge < -0.3 is 18.9 Å². The average molecular weight is 775 g/mol. The molecule has 4 aromatic carbocycles. The Morgan fingerprint density at radius 3 is 2.50 bits per heavy atom. The summed E-state index contributed by atoms with van der Waals surface area (Å²) in [6, 6.07) is 25.1. The summed E-state index contributed by atoms with van der Waals surface area (Å²) in [6.45, 7) is 8.02. The Bertz CT molecular complexity index is 2240. The zero-order chi connectivity index (χ0) is 33.9. The van der Waals surface area contributed by atoms with Gasteiger partial charge in [-0.3, -0.25) is 9.36 Å². The second-order valence-corrected chi connectivity index (χ2v) is 13.7. The first-order chi connectivity index (χ1) is 23.2. The second-order valence-electron chi connectivity index (χ2n) is 11.5. The fourth-order valence-corrected chi connectivity index (χ4v) is 7.42. The molecule has 0 radical (unpaired) electrons. The third-order valence-corrected chi connectivity index (χ3v) is 9.67. The molecular formula is C38H35IN2O6S. The summed E-state index contributed by atoms with van der Waals surface area (Å²) in [7, 11) is 1.56. The first-order valence-corrected chi connectivity index (χ1v) is 17.5. The van der Waals surface area contributed by atoms with Gasteiger partial charge in [0.05, 0.1) is 45.2 Å². The first-order valence-electron chi connectivity index (χ1n) is 15.6. The average Bonchev–Trinajstić information content (AvgIpc) is 3.37. The summed E-state index contributed by atoms with van der Waals surface area (Å²) in [5.41, 5.74) is 3.15. The molecule has 1 aromatic heterocycles. The van der Waals surface area contributed by atoms with Crippen molar-refractivity contribution >= 4 is 56.7 Å². The van der Waals surface area contributed by atoms with Crippen LogP contribution < -0.4 is 29.1 Å². The molecule has 2 heterocycles. The van der Waals surface area contributed by atoms with Crippen molar-refractivity contribution in [2.45, 2.75) is 46.4 Å². The lowest BCUT2D eigenvalue weighted by Gasteiger charge is -2.25. The van der Waals surface area contributed by atoms with Crippen LogP contribution in [0.2, 0.25) is 0 Å². The van der Waals surface area contributed by atoms with Gasteiger partial charge >= 0.3 is 5.97 Å². The molecule has 0 saturated heterocycles. The quantitative estimate of drug-likeness (QED) is 0.113. The van der Waals surface area contributed by atoms with Gasteiger partial charge in [0.15, 0.2) is 16.3 Å². The van der Waals surface area contributed by atoms with E-state index >= 15 is 0 Å². The fraction of sp³-hybridized carbons (Fsp3) is 0.237. The number of allylic oxidation sites excluding steroid dienone is 1. The van der Waals surface area contributed by atoms with Crippen LogP contribution in [0.15, 0.2) is 99.9 Å². The van der Waals surface area contributed by atoms with E-state index in [2.05, 4.69) is 52.9 Å². The number of rotatable bonds is 10. The van der Waals surface area contributed by atoms with Crippen molar-refractivity contribution < 1.29 is 23.7 Å². The van der Waals surface area contributed by atoms with E-state index in [9.17, 15) is 9.59 Å². The third-order valence-electron chi connectivity index (χ3n) is 7.85. The Morgan fingerprint density at radius 1 is 1.00 bits per heavy atom. The minimum atomic E-state index is -0.768. The number of carbonyl (C=O) groups excluding carboxylic acids is 1. The van der Waals surface area contributed by atoms with E-state index in [0.29, 0.717) is 44.3 Å². The Labute approximate surface area is 296 Å². The Hall–Kier alpha value is -4.42. The highest BCUT2D eigenvalue weighted by Gasteiger charge is 2.34. The number of methoxy groups -OCH3 is 1. The van der Waals surface area contributed by atoms with E-state index in [4.69, 9.17) is 23.9 Å². The number of esters is 1. The second kappa shape index (κ2) is 14.4.